The molecule has 0 radical (unpaired) electrons. The third-order valence-electron chi connectivity index (χ3n) is 3.24. The quantitative estimate of drug-likeness (QED) is 0.532. The summed E-state index contributed by atoms with van der Waals surface area (Å²) in [6.45, 7) is 2.23. The van der Waals surface area contributed by atoms with Gasteiger partial charge in [-0.3, -0.25) is 9.59 Å². The van der Waals surface area contributed by atoms with Crippen molar-refractivity contribution in [2.75, 3.05) is 13.2 Å². The molecule has 4 nitrogen and oxygen atoms in total. The molecular weight excluding hydrogens is 206 g/mol. The van der Waals surface area contributed by atoms with Gasteiger partial charge in [-0.1, -0.05) is 12.2 Å². The first-order chi connectivity index (χ1) is 7.72. The van der Waals surface area contributed by atoms with E-state index in [-0.39, 0.29) is 24.5 Å². The summed E-state index contributed by atoms with van der Waals surface area (Å²) in [7, 11) is 0. The molecule has 0 saturated carbocycles. The van der Waals surface area contributed by atoms with Crippen molar-refractivity contribution in [1.29, 1.82) is 0 Å². The topological polar surface area (TPSA) is 46.6 Å². The second-order valence-corrected chi connectivity index (χ2v) is 4.29. The zero-order valence-electron chi connectivity index (χ0n) is 9.52. The number of rotatable bonds is 3. The van der Waals surface area contributed by atoms with Gasteiger partial charge < -0.3 is 9.64 Å². The standard InChI is InChI=1S/C12H17NO3/c1-2-16-12(15)8-13-10-6-4-3-5-9(10)7-11(13)14/h4,6,9-10H,2-3,5,7-8H2,1H3/t9-,10-/m1/s1. The fraction of sp³-hybridized carbons (Fsp3) is 0.667. The Labute approximate surface area is 95.2 Å². The maximum Gasteiger partial charge on any atom is 0.325 e. The van der Waals surface area contributed by atoms with E-state index in [1.807, 2.05) is 0 Å². The highest BCUT2D eigenvalue weighted by atomic mass is 16.5. The number of ether oxygens (including phenoxy) is 1. The average molecular weight is 223 g/mol. The molecule has 0 unspecified atom stereocenters. The zero-order chi connectivity index (χ0) is 11.5. The van der Waals surface area contributed by atoms with Gasteiger partial charge in [0.15, 0.2) is 0 Å². The summed E-state index contributed by atoms with van der Waals surface area (Å²) in [5.41, 5.74) is 0. The van der Waals surface area contributed by atoms with Crippen LogP contribution in [0.5, 0.6) is 0 Å². The molecule has 1 aliphatic heterocycles. The van der Waals surface area contributed by atoms with E-state index in [2.05, 4.69) is 12.2 Å². The van der Waals surface area contributed by atoms with E-state index < -0.39 is 0 Å². The third kappa shape index (κ3) is 2.10. The number of fused-ring (bicyclic) bond motifs is 1. The van der Waals surface area contributed by atoms with Crippen molar-refractivity contribution < 1.29 is 14.3 Å². The van der Waals surface area contributed by atoms with E-state index in [9.17, 15) is 9.59 Å². The number of likely N-dealkylation sites (tertiary alicyclic amines) is 1. The highest BCUT2D eigenvalue weighted by molar-refractivity contribution is 5.84. The molecule has 0 bridgehead atoms. The summed E-state index contributed by atoms with van der Waals surface area (Å²) in [6.07, 6.45) is 6.82. The Bertz CT molecular complexity index is 324. The van der Waals surface area contributed by atoms with Gasteiger partial charge in [-0.25, -0.2) is 0 Å². The minimum Gasteiger partial charge on any atom is -0.465 e. The molecular formula is C12H17NO3. The SMILES string of the molecule is CCOC(=O)CN1C(=O)C[C@H]2CCC=C[C@H]21. The van der Waals surface area contributed by atoms with Crippen LogP contribution in [-0.2, 0) is 14.3 Å². The molecule has 0 aromatic heterocycles. The number of amides is 1. The Morgan fingerprint density at radius 3 is 3.19 bits per heavy atom. The van der Waals surface area contributed by atoms with Crippen molar-refractivity contribution in [3.05, 3.63) is 12.2 Å². The molecule has 16 heavy (non-hydrogen) atoms. The Hall–Kier alpha value is -1.32. The summed E-state index contributed by atoms with van der Waals surface area (Å²) in [4.78, 5) is 24.8. The molecule has 1 fully saturated rings. The molecule has 2 rings (SSSR count). The van der Waals surface area contributed by atoms with Crippen LogP contribution in [0.2, 0.25) is 0 Å². The Balaban J connectivity index is 2.02. The Morgan fingerprint density at radius 1 is 1.62 bits per heavy atom. The molecule has 1 saturated heterocycles. The normalized spacial score (nSPS) is 28.1. The average Bonchev–Trinajstić information content (AvgIpc) is 2.56. The van der Waals surface area contributed by atoms with E-state index in [4.69, 9.17) is 4.74 Å². The highest BCUT2D eigenvalue weighted by Gasteiger charge is 2.39. The second kappa shape index (κ2) is 4.68. The lowest BCUT2D eigenvalue weighted by Gasteiger charge is -2.26. The maximum atomic E-state index is 11.8. The number of esters is 1. The maximum absolute atomic E-state index is 11.8. The molecule has 0 spiro atoms. The number of carbonyl (C=O) groups is 2. The van der Waals surface area contributed by atoms with Crippen molar-refractivity contribution >= 4 is 11.9 Å². The van der Waals surface area contributed by atoms with Crippen LogP contribution in [0.15, 0.2) is 12.2 Å². The van der Waals surface area contributed by atoms with Crippen LogP contribution in [0.4, 0.5) is 0 Å². The monoisotopic (exact) mass is 223 g/mol. The van der Waals surface area contributed by atoms with Crippen molar-refractivity contribution in [3.8, 4) is 0 Å². The molecule has 1 heterocycles. The van der Waals surface area contributed by atoms with Gasteiger partial charge in [0.2, 0.25) is 5.91 Å². The van der Waals surface area contributed by atoms with E-state index in [1.165, 1.54) is 0 Å². The minimum absolute atomic E-state index is 0.0783. The van der Waals surface area contributed by atoms with Gasteiger partial charge >= 0.3 is 5.97 Å². The van der Waals surface area contributed by atoms with Gasteiger partial charge in [-0.15, -0.1) is 0 Å². The van der Waals surface area contributed by atoms with E-state index in [1.54, 1.807) is 11.8 Å². The van der Waals surface area contributed by atoms with Crippen molar-refractivity contribution in [3.63, 3.8) is 0 Å². The number of hydrogen-bond donors (Lipinski definition) is 0. The summed E-state index contributed by atoms with van der Waals surface area (Å²) in [6, 6.07) is 0.116. The van der Waals surface area contributed by atoms with Crippen LogP contribution in [0.1, 0.15) is 26.2 Å². The molecule has 2 atom stereocenters. The second-order valence-electron chi connectivity index (χ2n) is 4.29. The molecule has 2 aliphatic rings. The molecule has 1 amide bonds. The van der Waals surface area contributed by atoms with Gasteiger partial charge in [-0.05, 0) is 25.7 Å². The van der Waals surface area contributed by atoms with Crippen LogP contribution < -0.4 is 0 Å². The van der Waals surface area contributed by atoms with E-state index in [0.717, 1.165) is 12.8 Å². The van der Waals surface area contributed by atoms with Crippen LogP contribution in [0.25, 0.3) is 0 Å². The summed E-state index contributed by atoms with van der Waals surface area (Å²) < 4.78 is 4.87. The van der Waals surface area contributed by atoms with E-state index in [0.29, 0.717) is 18.9 Å². The van der Waals surface area contributed by atoms with Crippen LogP contribution in [0.3, 0.4) is 0 Å². The van der Waals surface area contributed by atoms with Gasteiger partial charge in [0, 0.05) is 6.42 Å². The number of nitrogens with zero attached hydrogens (tertiary/aromatic N) is 1. The Morgan fingerprint density at radius 2 is 2.44 bits per heavy atom. The smallest absolute Gasteiger partial charge is 0.325 e. The highest BCUT2D eigenvalue weighted by Crippen LogP contribution is 2.33. The van der Waals surface area contributed by atoms with Crippen LogP contribution in [-0.4, -0.2) is 36.0 Å². The fourth-order valence-electron chi connectivity index (χ4n) is 2.50. The first-order valence-corrected chi connectivity index (χ1v) is 5.84. The van der Waals surface area contributed by atoms with Crippen LogP contribution in [0, 0.1) is 5.92 Å². The van der Waals surface area contributed by atoms with E-state index >= 15 is 0 Å². The van der Waals surface area contributed by atoms with Crippen molar-refractivity contribution in [2.45, 2.75) is 32.2 Å². The number of allylic oxidation sites excluding steroid dienone is 1. The summed E-state index contributed by atoms with van der Waals surface area (Å²) >= 11 is 0. The lowest BCUT2D eigenvalue weighted by molar-refractivity contribution is -0.148. The third-order valence-corrected chi connectivity index (χ3v) is 3.24. The first-order valence-electron chi connectivity index (χ1n) is 5.84. The van der Waals surface area contributed by atoms with Gasteiger partial charge in [0.1, 0.15) is 6.54 Å². The lowest BCUT2D eigenvalue weighted by atomic mass is 9.90. The lowest BCUT2D eigenvalue weighted by Crippen LogP contribution is -2.39. The molecule has 0 aromatic carbocycles. The summed E-state index contributed by atoms with van der Waals surface area (Å²) in [5, 5.41) is 0. The minimum atomic E-state index is -0.310. The van der Waals surface area contributed by atoms with Crippen molar-refractivity contribution in [2.24, 2.45) is 5.92 Å². The molecule has 4 heteroatoms. The molecule has 1 aliphatic carbocycles. The molecule has 0 aromatic rings. The van der Waals surface area contributed by atoms with Crippen molar-refractivity contribution in [1.82, 2.24) is 4.90 Å². The molecule has 0 N–H and O–H groups in total. The largest absolute Gasteiger partial charge is 0.465 e. The predicted octanol–water partition coefficient (Wildman–Crippen LogP) is 1.12. The first kappa shape index (κ1) is 11.2. The Kier molecular flexibility index (Phi) is 3.27. The number of hydrogen-bond acceptors (Lipinski definition) is 3. The summed E-state index contributed by atoms with van der Waals surface area (Å²) in [5.74, 6) is 0.164. The van der Waals surface area contributed by atoms with Gasteiger partial charge in [-0.2, -0.15) is 0 Å². The molecule has 88 valence electrons. The van der Waals surface area contributed by atoms with Gasteiger partial charge in [0.05, 0.1) is 12.6 Å². The number of carbonyl (C=O) groups excluding carboxylic acids is 2. The fourth-order valence-corrected chi connectivity index (χ4v) is 2.50. The zero-order valence-corrected chi connectivity index (χ0v) is 9.52. The van der Waals surface area contributed by atoms with Crippen LogP contribution >= 0.6 is 0 Å². The predicted molar refractivity (Wildman–Crippen MR) is 58.6 cm³/mol. The van der Waals surface area contributed by atoms with Gasteiger partial charge in [0.25, 0.3) is 0 Å².